The molecule has 0 fully saturated rings. The summed E-state index contributed by atoms with van der Waals surface area (Å²) in [6, 6.07) is 11.8. The molecule has 0 aliphatic carbocycles. The lowest BCUT2D eigenvalue weighted by molar-refractivity contribution is 0.242. The van der Waals surface area contributed by atoms with E-state index in [0.717, 1.165) is 17.3 Å². The molecule has 0 bridgehead atoms. The summed E-state index contributed by atoms with van der Waals surface area (Å²) in [4.78, 5) is 4.30. The highest BCUT2D eigenvalue weighted by atomic mass is 16.5. The zero-order valence-corrected chi connectivity index (χ0v) is 12.8. The Hall–Kier alpha value is -2.23. The SMILES string of the molecule is Cc1cccc(OCCNc2ncccc2OC(C)C)c1. The average Bonchev–Trinajstić information content (AvgIpc) is 2.45. The van der Waals surface area contributed by atoms with Gasteiger partial charge in [-0.15, -0.1) is 0 Å². The lowest BCUT2D eigenvalue weighted by atomic mass is 10.2. The van der Waals surface area contributed by atoms with Crippen molar-refractivity contribution in [3.8, 4) is 11.5 Å². The van der Waals surface area contributed by atoms with Gasteiger partial charge in [0.15, 0.2) is 11.6 Å². The van der Waals surface area contributed by atoms with Crippen molar-refractivity contribution in [2.24, 2.45) is 0 Å². The summed E-state index contributed by atoms with van der Waals surface area (Å²) in [6.45, 7) is 7.28. The number of rotatable bonds is 7. The summed E-state index contributed by atoms with van der Waals surface area (Å²) in [5, 5.41) is 3.24. The smallest absolute Gasteiger partial charge is 0.168 e. The summed E-state index contributed by atoms with van der Waals surface area (Å²) in [6.07, 6.45) is 1.87. The first-order chi connectivity index (χ1) is 10.1. The van der Waals surface area contributed by atoms with Crippen molar-refractivity contribution in [3.05, 3.63) is 48.2 Å². The Kier molecular flexibility index (Phi) is 5.43. The van der Waals surface area contributed by atoms with Crippen LogP contribution in [-0.4, -0.2) is 24.2 Å². The van der Waals surface area contributed by atoms with Crippen LogP contribution in [0.3, 0.4) is 0 Å². The molecule has 0 atom stereocenters. The van der Waals surface area contributed by atoms with Gasteiger partial charge in [0.05, 0.1) is 12.6 Å². The van der Waals surface area contributed by atoms with E-state index in [9.17, 15) is 0 Å². The van der Waals surface area contributed by atoms with Gasteiger partial charge < -0.3 is 14.8 Å². The van der Waals surface area contributed by atoms with Crippen LogP contribution in [-0.2, 0) is 0 Å². The number of pyridine rings is 1. The Morgan fingerprint density at radius 1 is 1.19 bits per heavy atom. The molecule has 1 N–H and O–H groups in total. The molecule has 4 nitrogen and oxygen atoms in total. The molecule has 4 heteroatoms. The van der Waals surface area contributed by atoms with Gasteiger partial charge in [-0.1, -0.05) is 12.1 Å². The van der Waals surface area contributed by atoms with Gasteiger partial charge in [0.25, 0.3) is 0 Å². The largest absolute Gasteiger partial charge is 0.492 e. The molecule has 21 heavy (non-hydrogen) atoms. The second kappa shape index (κ2) is 7.53. The second-order valence-electron chi connectivity index (χ2n) is 5.11. The van der Waals surface area contributed by atoms with Gasteiger partial charge in [-0.3, -0.25) is 0 Å². The van der Waals surface area contributed by atoms with Gasteiger partial charge in [-0.25, -0.2) is 4.98 Å². The molecule has 0 radical (unpaired) electrons. The van der Waals surface area contributed by atoms with Crippen molar-refractivity contribution >= 4 is 5.82 Å². The Balaban J connectivity index is 1.83. The van der Waals surface area contributed by atoms with Crippen LogP contribution in [0.4, 0.5) is 5.82 Å². The number of ether oxygens (including phenoxy) is 2. The lowest BCUT2D eigenvalue weighted by Crippen LogP contribution is -2.14. The maximum absolute atomic E-state index is 5.71. The van der Waals surface area contributed by atoms with E-state index in [4.69, 9.17) is 9.47 Å². The lowest BCUT2D eigenvalue weighted by Gasteiger charge is -2.14. The number of hydrogen-bond donors (Lipinski definition) is 1. The molecule has 2 rings (SSSR count). The van der Waals surface area contributed by atoms with Crippen LogP contribution >= 0.6 is 0 Å². The fourth-order valence-electron chi connectivity index (χ4n) is 1.92. The van der Waals surface area contributed by atoms with Crippen LogP contribution < -0.4 is 14.8 Å². The number of benzene rings is 1. The van der Waals surface area contributed by atoms with Gasteiger partial charge in [0.1, 0.15) is 12.4 Å². The van der Waals surface area contributed by atoms with Crippen LogP contribution in [0.2, 0.25) is 0 Å². The zero-order valence-electron chi connectivity index (χ0n) is 12.8. The van der Waals surface area contributed by atoms with Crippen molar-refractivity contribution in [1.82, 2.24) is 4.98 Å². The minimum atomic E-state index is 0.123. The van der Waals surface area contributed by atoms with E-state index in [1.54, 1.807) is 6.20 Å². The van der Waals surface area contributed by atoms with Gasteiger partial charge in [-0.05, 0) is 50.6 Å². The van der Waals surface area contributed by atoms with Crippen LogP contribution in [0.15, 0.2) is 42.6 Å². The molecule has 2 aromatic rings. The first-order valence-electron chi connectivity index (χ1n) is 7.20. The maximum Gasteiger partial charge on any atom is 0.168 e. The topological polar surface area (TPSA) is 43.4 Å². The van der Waals surface area contributed by atoms with E-state index in [-0.39, 0.29) is 6.10 Å². The Morgan fingerprint density at radius 2 is 2.05 bits per heavy atom. The Bertz CT molecular complexity index is 570. The zero-order chi connectivity index (χ0) is 15.1. The minimum absolute atomic E-state index is 0.123. The Morgan fingerprint density at radius 3 is 2.81 bits per heavy atom. The molecule has 1 aromatic carbocycles. The number of aromatic nitrogens is 1. The van der Waals surface area contributed by atoms with E-state index >= 15 is 0 Å². The molecule has 1 heterocycles. The summed E-state index contributed by atoms with van der Waals surface area (Å²) in [7, 11) is 0. The number of aryl methyl sites for hydroxylation is 1. The number of anilines is 1. The van der Waals surface area contributed by atoms with E-state index < -0.39 is 0 Å². The van der Waals surface area contributed by atoms with E-state index in [0.29, 0.717) is 13.2 Å². The van der Waals surface area contributed by atoms with Gasteiger partial charge in [0, 0.05) is 6.20 Å². The van der Waals surface area contributed by atoms with E-state index in [2.05, 4.69) is 23.3 Å². The summed E-state index contributed by atoms with van der Waals surface area (Å²) < 4.78 is 11.4. The molecular formula is C17H22N2O2. The summed E-state index contributed by atoms with van der Waals surface area (Å²) in [5.41, 5.74) is 1.19. The quantitative estimate of drug-likeness (QED) is 0.789. The molecule has 0 amide bonds. The van der Waals surface area contributed by atoms with Crippen molar-refractivity contribution in [2.75, 3.05) is 18.5 Å². The van der Waals surface area contributed by atoms with Gasteiger partial charge in [-0.2, -0.15) is 0 Å². The predicted molar refractivity (Wildman–Crippen MR) is 85.2 cm³/mol. The fourth-order valence-corrected chi connectivity index (χ4v) is 1.92. The first-order valence-corrected chi connectivity index (χ1v) is 7.20. The first kappa shape index (κ1) is 15.2. The van der Waals surface area contributed by atoms with Crippen molar-refractivity contribution in [3.63, 3.8) is 0 Å². The number of nitrogens with zero attached hydrogens (tertiary/aromatic N) is 1. The molecule has 0 saturated carbocycles. The van der Waals surface area contributed by atoms with Crippen molar-refractivity contribution < 1.29 is 9.47 Å². The summed E-state index contributed by atoms with van der Waals surface area (Å²) >= 11 is 0. The fraction of sp³-hybridized carbons (Fsp3) is 0.353. The molecule has 0 spiro atoms. The van der Waals surface area contributed by atoms with Crippen molar-refractivity contribution in [2.45, 2.75) is 26.9 Å². The van der Waals surface area contributed by atoms with Crippen LogP contribution in [0.25, 0.3) is 0 Å². The van der Waals surface area contributed by atoms with Crippen LogP contribution in [0.1, 0.15) is 19.4 Å². The van der Waals surface area contributed by atoms with Gasteiger partial charge in [0.2, 0.25) is 0 Å². The normalized spacial score (nSPS) is 10.5. The number of hydrogen-bond acceptors (Lipinski definition) is 4. The molecule has 0 aliphatic rings. The molecule has 0 aliphatic heterocycles. The summed E-state index contributed by atoms with van der Waals surface area (Å²) in [5.74, 6) is 2.40. The molecule has 112 valence electrons. The van der Waals surface area contributed by atoms with E-state index in [1.807, 2.05) is 44.2 Å². The van der Waals surface area contributed by atoms with Gasteiger partial charge >= 0.3 is 0 Å². The predicted octanol–water partition coefficient (Wildman–Crippen LogP) is 3.67. The molecule has 0 saturated heterocycles. The van der Waals surface area contributed by atoms with E-state index in [1.165, 1.54) is 5.56 Å². The van der Waals surface area contributed by atoms with Crippen LogP contribution in [0, 0.1) is 6.92 Å². The highest BCUT2D eigenvalue weighted by Crippen LogP contribution is 2.21. The van der Waals surface area contributed by atoms with Crippen LogP contribution in [0.5, 0.6) is 11.5 Å². The highest BCUT2D eigenvalue weighted by Gasteiger charge is 2.05. The highest BCUT2D eigenvalue weighted by molar-refractivity contribution is 5.49. The number of nitrogens with one attached hydrogen (secondary N) is 1. The second-order valence-corrected chi connectivity index (χ2v) is 5.11. The molecular weight excluding hydrogens is 264 g/mol. The Labute approximate surface area is 126 Å². The molecule has 1 aromatic heterocycles. The third-order valence-corrected chi connectivity index (χ3v) is 2.79. The standard InChI is InChI=1S/C17H22N2O2/c1-13(2)21-16-8-5-9-18-17(16)19-10-11-20-15-7-4-6-14(3)12-15/h4-9,12-13H,10-11H2,1-3H3,(H,18,19). The van der Waals surface area contributed by atoms with Crippen molar-refractivity contribution in [1.29, 1.82) is 0 Å². The third kappa shape index (κ3) is 4.99. The molecule has 0 unspecified atom stereocenters. The third-order valence-electron chi connectivity index (χ3n) is 2.79. The average molecular weight is 286 g/mol. The maximum atomic E-state index is 5.71. The minimum Gasteiger partial charge on any atom is -0.492 e. The monoisotopic (exact) mass is 286 g/mol.